The second-order valence-corrected chi connectivity index (χ2v) is 3.29. The van der Waals surface area contributed by atoms with Gasteiger partial charge < -0.3 is 5.73 Å². The van der Waals surface area contributed by atoms with Crippen molar-refractivity contribution in [3.8, 4) is 0 Å². The molecule has 2 N–H and O–H groups in total. The van der Waals surface area contributed by atoms with Crippen LogP contribution in [0.1, 0.15) is 12.8 Å². The lowest BCUT2D eigenvalue weighted by Gasteiger charge is -1.87. The molecule has 46 valence electrons. The molecule has 1 saturated carbocycles. The molecule has 1 nitrogen and oxygen atoms in total. The molecule has 2 unspecified atom stereocenters. The van der Waals surface area contributed by atoms with E-state index in [-0.39, 0.29) is 0 Å². The summed E-state index contributed by atoms with van der Waals surface area (Å²) in [6.45, 7) is 0. The molecule has 0 amide bonds. The van der Waals surface area contributed by atoms with Gasteiger partial charge in [-0.25, -0.2) is 0 Å². The third-order valence-corrected chi connectivity index (χ3v) is 2.21. The molecule has 1 aliphatic rings. The summed E-state index contributed by atoms with van der Waals surface area (Å²) in [6, 6.07) is 0.539. The van der Waals surface area contributed by atoms with Crippen molar-refractivity contribution in [2.45, 2.75) is 18.9 Å². The van der Waals surface area contributed by atoms with Crippen LogP contribution in [0.5, 0.6) is 0 Å². The van der Waals surface area contributed by atoms with Crippen LogP contribution in [0.2, 0.25) is 0 Å². The smallest absolute Gasteiger partial charge is 0.00711 e. The fraction of sp³-hybridized carbons (Fsp3) is 0.833. The molecule has 1 rings (SSSR count). The van der Waals surface area contributed by atoms with Gasteiger partial charge in [0.05, 0.1) is 0 Å². The Bertz CT molecular complexity index is 92.5. The molecule has 8 heavy (non-hydrogen) atoms. The molecule has 0 aromatic carbocycles. The lowest BCUT2D eigenvalue weighted by molar-refractivity contribution is 0.767. The zero-order valence-electron chi connectivity index (χ0n) is 5.01. The van der Waals surface area contributed by atoms with Crippen molar-refractivity contribution in [1.29, 1.82) is 0 Å². The molecule has 1 fully saturated rings. The minimum Gasteiger partial charge on any atom is -0.327 e. The molecule has 0 heterocycles. The zero-order valence-corrected chi connectivity index (χ0v) is 5.90. The van der Waals surface area contributed by atoms with Crippen LogP contribution < -0.4 is 5.73 Å². The third-order valence-electron chi connectivity index (χ3n) is 1.64. The van der Waals surface area contributed by atoms with Gasteiger partial charge in [-0.1, -0.05) is 6.30 Å². The minimum absolute atomic E-state index is 0.539. The van der Waals surface area contributed by atoms with Gasteiger partial charge in [-0.15, -0.1) is 8.20 Å². The highest BCUT2D eigenvalue weighted by molar-refractivity contribution is 7.36. The van der Waals surface area contributed by atoms with E-state index in [1.165, 1.54) is 27.2 Å². The van der Waals surface area contributed by atoms with Crippen LogP contribution in [-0.2, 0) is 0 Å². The van der Waals surface area contributed by atoms with Crippen molar-refractivity contribution in [2.75, 3.05) is 6.16 Å². The van der Waals surface area contributed by atoms with Crippen LogP contribution >= 0.6 is 8.20 Å². The number of nitrogens with two attached hydrogens (primary N) is 1. The first-order valence-corrected chi connectivity index (χ1v) is 4.29. The van der Waals surface area contributed by atoms with E-state index in [2.05, 4.69) is 6.30 Å². The molecule has 0 aliphatic heterocycles. The highest BCUT2D eigenvalue weighted by Gasteiger charge is 2.31. The predicted molar refractivity (Wildman–Crippen MR) is 39.6 cm³/mol. The number of hydrogen-bond donors (Lipinski definition) is 1. The van der Waals surface area contributed by atoms with Gasteiger partial charge in [0.1, 0.15) is 0 Å². The summed E-state index contributed by atoms with van der Waals surface area (Å²) in [5, 5.41) is 0. The molecular weight excluding hydrogens is 117 g/mol. The van der Waals surface area contributed by atoms with Gasteiger partial charge in [0.25, 0.3) is 0 Å². The van der Waals surface area contributed by atoms with Crippen LogP contribution in [0.4, 0.5) is 0 Å². The van der Waals surface area contributed by atoms with Crippen molar-refractivity contribution >= 4 is 14.5 Å². The molecular formula is C6H12NP. The van der Waals surface area contributed by atoms with Gasteiger partial charge in [-0.3, -0.25) is 0 Å². The van der Waals surface area contributed by atoms with E-state index in [1.54, 1.807) is 0 Å². The zero-order chi connectivity index (χ0) is 5.98. The van der Waals surface area contributed by atoms with Crippen molar-refractivity contribution in [1.82, 2.24) is 0 Å². The lowest BCUT2D eigenvalue weighted by atomic mass is 10.3. The molecule has 2 atom stereocenters. The number of hydrogen-bond acceptors (Lipinski definition) is 1. The molecule has 0 saturated heterocycles. The van der Waals surface area contributed by atoms with E-state index in [0.717, 1.165) is 5.92 Å². The Morgan fingerprint density at radius 3 is 2.75 bits per heavy atom. The van der Waals surface area contributed by atoms with Crippen LogP contribution in [0.3, 0.4) is 0 Å². The Morgan fingerprint density at radius 2 is 2.38 bits per heavy atom. The lowest BCUT2D eigenvalue weighted by Crippen LogP contribution is -2.01. The topological polar surface area (TPSA) is 26.0 Å². The maximum Gasteiger partial charge on any atom is 0.00711 e. The number of rotatable bonds is 3. The predicted octanol–water partition coefficient (Wildman–Crippen LogP) is 1.10. The molecule has 0 bridgehead atoms. The Labute approximate surface area is 52.1 Å². The van der Waals surface area contributed by atoms with E-state index in [4.69, 9.17) is 5.73 Å². The molecule has 2 heteroatoms. The second-order valence-electron chi connectivity index (χ2n) is 2.40. The Morgan fingerprint density at radius 1 is 1.75 bits per heavy atom. The van der Waals surface area contributed by atoms with Crippen LogP contribution in [0.15, 0.2) is 0 Å². The molecule has 0 spiro atoms. The molecule has 0 aromatic heterocycles. The average Bonchev–Trinajstić information content (AvgIpc) is 2.42. The maximum atomic E-state index is 5.58. The maximum absolute atomic E-state index is 5.58. The fourth-order valence-electron chi connectivity index (χ4n) is 0.860. The van der Waals surface area contributed by atoms with E-state index < -0.39 is 0 Å². The Hall–Kier alpha value is 0.130. The molecule has 0 aromatic rings. The second kappa shape index (κ2) is 2.61. The van der Waals surface area contributed by atoms with Gasteiger partial charge in [0, 0.05) is 6.04 Å². The van der Waals surface area contributed by atoms with Crippen molar-refractivity contribution in [2.24, 2.45) is 11.7 Å². The monoisotopic (exact) mass is 129 g/mol. The van der Waals surface area contributed by atoms with Crippen LogP contribution in [0, 0.1) is 5.92 Å². The van der Waals surface area contributed by atoms with Gasteiger partial charge >= 0.3 is 0 Å². The van der Waals surface area contributed by atoms with E-state index >= 15 is 0 Å². The molecule has 0 radical (unpaired) electrons. The first kappa shape index (κ1) is 6.25. The van der Waals surface area contributed by atoms with E-state index in [1.807, 2.05) is 0 Å². The van der Waals surface area contributed by atoms with E-state index in [9.17, 15) is 0 Å². The highest BCUT2D eigenvalue weighted by Crippen LogP contribution is 2.31. The first-order valence-electron chi connectivity index (χ1n) is 3.02. The fourth-order valence-corrected chi connectivity index (χ4v) is 1.37. The first-order chi connectivity index (χ1) is 3.84. The highest BCUT2D eigenvalue weighted by atomic mass is 31.1. The van der Waals surface area contributed by atoms with Crippen LogP contribution in [-0.4, -0.2) is 18.5 Å². The summed E-state index contributed by atoms with van der Waals surface area (Å²) < 4.78 is 0. The van der Waals surface area contributed by atoms with Crippen molar-refractivity contribution in [3.05, 3.63) is 0 Å². The quantitative estimate of drug-likeness (QED) is 0.567. The average molecular weight is 129 g/mol. The van der Waals surface area contributed by atoms with Crippen LogP contribution in [0.25, 0.3) is 0 Å². The summed E-state index contributed by atoms with van der Waals surface area (Å²) >= 11 is 0. The summed E-state index contributed by atoms with van der Waals surface area (Å²) in [4.78, 5) is 0. The largest absolute Gasteiger partial charge is 0.327 e. The Balaban J connectivity index is 1.97. The van der Waals surface area contributed by atoms with Gasteiger partial charge in [0.2, 0.25) is 0 Å². The van der Waals surface area contributed by atoms with Gasteiger partial charge in [-0.2, -0.15) is 0 Å². The SMILES string of the molecule is C=PCCC1CC1N. The summed E-state index contributed by atoms with van der Waals surface area (Å²) in [5.74, 6) is 0.851. The standard InChI is InChI=1S/C6H12NP/c1-8-3-2-5-4-6(5)7/h5-6H,1-4,7H2. The van der Waals surface area contributed by atoms with Crippen molar-refractivity contribution in [3.63, 3.8) is 0 Å². The Kier molecular flexibility index (Phi) is 2.04. The summed E-state index contributed by atoms with van der Waals surface area (Å²) in [7, 11) is 1.27. The third kappa shape index (κ3) is 1.57. The molecule has 1 aliphatic carbocycles. The summed E-state index contributed by atoms with van der Waals surface area (Å²) in [6.07, 6.45) is 7.53. The summed E-state index contributed by atoms with van der Waals surface area (Å²) in [5.41, 5.74) is 5.58. The van der Waals surface area contributed by atoms with Gasteiger partial charge in [0.15, 0.2) is 0 Å². The minimum atomic E-state index is 0.539. The van der Waals surface area contributed by atoms with Gasteiger partial charge in [-0.05, 0) is 24.9 Å². The normalized spacial score (nSPS) is 35.6. The van der Waals surface area contributed by atoms with Crippen molar-refractivity contribution < 1.29 is 0 Å². The van der Waals surface area contributed by atoms with E-state index in [0.29, 0.717) is 6.04 Å².